The molecule has 0 saturated carbocycles. The summed E-state index contributed by atoms with van der Waals surface area (Å²) in [6.07, 6.45) is -0.622. The van der Waals surface area contributed by atoms with Crippen molar-refractivity contribution < 1.29 is 24.6 Å². The average Bonchev–Trinajstić information content (AvgIpc) is 2.76. The van der Waals surface area contributed by atoms with Gasteiger partial charge in [0.1, 0.15) is 11.4 Å². The largest absolute Gasteiger partial charge is 0.481 e. The molecule has 2 aromatic carbocycles. The number of nitrogen functional groups attached to an aromatic ring is 2. The molecule has 1 heterocycles. The summed E-state index contributed by atoms with van der Waals surface area (Å²) in [4.78, 5) is 43.0. The Morgan fingerprint density at radius 1 is 1.03 bits per heavy atom. The van der Waals surface area contributed by atoms with Crippen LogP contribution in [0, 0.1) is 0 Å². The Morgan fingerprint density at radius 3 is 2.36 bits per heavy atom. The topological polar surface area (TPSA) is 194 Å². The Bertz CT molecular complexity index is 1210. The lowest BCUT2D eigenvalue weighted by atomic mass is 9.95. The molecule has 0 aliphatic rings. The summed E-state index contributed by atoms with van der Waals surface area (Å²) in [5, 5.41) is 24.6. The highest BCUT2D eigenvalue weighted by Crippen LogP contribution is 2.21. The van der Waals surface area contributed by atoms with E-state index in [4.69, 9.17) is 16.6 Å². The SMILES string of the molecule is CC(CCC(=O)O)(NC(=O)c1ccc(NCc2ccc3nc(N)nc(N)c3c2)cc1)C(=O)O. The average molecular weight is 452 g/mol. The van der Waals surface area contributed by atoms with Crippen molar-refractivity contribution in [3.8, 4) is 0 Å². The van der Waals surface area contributed by atoms with Gasteiger partial charge in [-0.25, -0.2) is 9.78 Å². The van der Waals surface area contributed by atoms with Gasteiger partial charge in [-0.2, -0.15) is 4.98 Å². The first-order valence-corrected chi connectivity index (χ1v) is 10.0. The number of hydrogen-bond acceptors (Lipinski definition) is 8. The number of carboxylic acids is 2. The van der Waals surface area contributed by atoms with E-state index in [1.807, 2.05) is 12.1 Å². The fraction of sp³-hybridized carbons (Fsp3) is 0.227. The summed E-state index contributed by atoms with van der Waals surface area (Å²) in [5.74, 6) is -2.65. The van der Waals surface area contributed by atoms with Crippen molar-refractivity contribution >= 4 is 46.2 Å². The van der Waals surface area contributed by atoms with Gasteiger partial charge in [0.05, 0.1) is 5.52 Å². The van der Waals surface area contributed by atoms with E-state index in [1.54, 1.807) is 30.3 Å². The Kier molecular flexibility index (Phi) is 6.61. The van der Waals surface area contributed by atoms with E-state index >= 15 is 0 Å². The summed E-state index contributed by atoms with van der Waals surface area (Å²) in [5.41, 5.74) is 12.4. The van der Waals surface area contributed by atoms with Gasteiger partial charge in [0.25, 0.3) is 5.91 Å². The first-order valence-electron chi connectivity index (χ1n) is 10.0. The molecule has 11 nitrogen and oxygen atoms in total. The summed E-state index contributed by atoms with van der Waals surface area (Å²) < 4.78 is 0. The molecule has 0 aliphatic carbocycles. The summed E-state index contributed by atoms with van der Waals surface area (Å²) >= 11 is 0. The minimum Gasteiger partial charge on any atom is -0.481 e. The number of nitrogens with two attached hydrogens (primary N) is 2. The number of nitrogens with one attached hydrogen (secondary N) is 2. The number of carbonyl (C=O) groups excluding carboxylic acids is 1. The number of aromatic nitrogens is 2. The van der Waals surface area contributed by atoms with E-state index in [-0.39, 0.29) is 24.4 Å². The molecule has 0 spiro atoms. The van der Waals surface area contributed by atoms with E-state index in [9.17, 15) is 19.5 Å². The van der Waals surface area contributed by atoms with E-state index in [2.05, 4.69) is 20.6 Å². The number of amides is 1. The molecule has 3 rings (SSSR count). The zero-order valence-corrected chi connectivity index (χ0v) is 17.8. The number of anilines is 3. The second kappa shape index (κ2) is 9.39. The van der Waals surface area contributed by atoms with Gasteiger partial charge in [-0.15, -0.1) is 0 Å². The van der Waals surface area contributed by atoms with Crippen LogP contribution in [0.3, 0.4) is 0 Å². The van der Waals surface area contributed by atoms with Crippen LogP contribution in [-0.4, -0.2) is 43.6 Å². The maximum atomic E-state index is 12.5. The van der Waals surface area contributed by atoms with Gasteiger partial charge in [0.2, 0.25) is 5.95 Å². The van der Waals surface area contributed by atoms with Crippen LogP contribution in [0.15, 0.2) is 42.5 Å². The number of nitrogens with zero attached hydrogens (tertiary/aromatic N) is 2. The normalized spacial score (nSPS) is 12.6. The molecule has 1 aromatic heterocycles. The molecule has 1 amide bonds. The molecule has 0 aliphatic heterocycles. The second-order valence-corrected chi connectivity index (χ2v) is 7.73. The molecule has 11 heteroatoms. The minimum atomic E-state index is -1.70. The first-order chi connectivity index (χ1) is 15.6. The van der Waals surface area contributed by atoms with Crippen molar-refractivity contribution in [3.05, 3.63) is 53.6 Å². The lowest BCUT2D eigenvalue weighted by Gasteiger charge is -2.25. The Labute approximate surface area is 188 Å². The summed E-state index contributed by atoms with van der Waals surface area (Å²) in [6, 6.07) is 12.0. The quantitative estimate of drug-likeness (QED) is 0.279. The van der Waals surface area contributed by atoms with Crippen molar-refractivity contribution in [2.45, 2.75) is 31.8 Å². The number of carboxylic acid groups (broad SMARTS) is 2. The molecule has 0 saturated heterocycles. The molecule has 8 N–H and O–H groups in total. The lowest BCUT2D eigenvalue weighted by Crippen LogP contribution is -2.52. The number of fused-ring (bicyclic) bond motifs is 1. The predicted octanol–water partition coefficient (Wildman–Crippen LogP) is 1.84. The molecule has 0 bridgehead atoms. The van der Waals surface area contributed by atoms with Gasteiger partial charge in [-0.1, -0.05) is 6.07 Å². The van der Waals surface area contributed by atoms with Gasteiger partial charge in [-0.05, 0) is 55.3 Å². The maximum Gasteiger partial charge on any atom is 0.329 e. The molecule has 33 heavy (non-hydrogen) atoms. The third kappa shape index (κ3) is 5.64. The van der Waals surface area contributed by atoms with Gasteiger partial charge in [0, 0.05) is 29.6 Å². The predicted molar refractivity (Wildman–Crippen MR) is 123 cm³/mol. The standard InChI is InChI=1S/C22H24N6O5/c1-22(20(32)33,9-8-17(29)30)28-19(31)13-3-5-14(6-4-13)25-11-12-2-7-16-15(10-12)18(23)27-21(24)26-16/h2-7,10,25H,8-9,11H2,1H3,(H,28,31)(H,29,30)(H,32,33)(H4,23,24,26,27). The van der Waals surface area contributed by atoms with Crippen LogP contribution in [0.4, 0.5) is 17.5 Å². The number of aliphatic carboxylic acids is 2. The summed E-state index contributed by atoms with van der Waals surface area (Å²) in [7, 11) is 0. The van der Waals surface area contributed by atoms with Crippen LogP contribution in [0.1, 0.15) is 35.7 Å². The van der Waals surface area contributed by atoms with Gasteiger partial charge >= 0.3 is 11.9 Å². The van der Waals surface area contributed by atoms with Gasteiger partial charge in [0.15, 0.2) is 0 Å². The molecular weight excluding hydrogens is 428 g/mol. The smallest absolute Gasteiger partial charge is 0.329 e. The fourth-order valence-electron chi connectivity index (χ4n) is 3.17. The summed E-state index contributed by atoms with van der Waals surface area (Å²) in [6.45, 7) is 1.75. The number of hydrogen-bond donors (Lipinski definition) is 6. The molecule has 0 radical (unpaired) electrons. The van der Waals surface area contributed by atoms with Gasteiger partial charge < -0.3 is 32.3 Å². The van der Waals surface area contributed by atoms with Crippen molar-refractivity contribution in [2.75, 3.05) is 16.8 Å². The molecule has 0 fully saturated rings. The van der Waals surface area contributed by atoms with E-state index in [0.29, 0.717) is 23.3 Å². The molecular formula is C22H24N6O5. The number of rotatable bonds is 9. The molecule has 3 aromatic rings. The monoisotopic (exact) mass is 452 g/mol. The van der Waals surface area contributed by atoms with E-state index in [0.717, 1.165) is 11.3 Å². The third-order valence-electron chi connectivity index (χ3n) is 5.15. The first kappa shape index (κ1) is 23.3. The zero-order valence-electron chi connectivity index (χ0n) is 17.8. The highest BCUT2D eigenvalue weighted by Gasteiger charge is 2.35. The van der Waals surface area contributed by atoms with Crippen LogP contribution in [0.5, 0.6) is 0 Å². The maximum absolute atomic E-state index is 12.5. The van der Waals surface area contributed by atoms with Crippen molar-refractivity contribution in [1.29, 1.82) is 0 Å². The minimum absolute atomic E-state index is 0.112. The van der Waals surface area contributed by atoms with Crippen LogP contribution in [0.25, 0.3) is 10.9 Å². The second-order valence-electron chi connectivity index (χ2n) is 7.73. The zero-order chi connectivity index (χ0) is 24.2. The van der Waals surface area contributed by atoms with E-state index in [1.165, 1.54) is 6.92 Å². The highest BCUT2D eigenvalue weighted by molar-refractivity contribution is 5.98. The van der Waals surface area contributed by atoms with Crippen molar-refractivity contribution in [3.63, 3.8) is 0 Å². The molecule has 1 atom stereocenters. The van der Waals surface area contributed by atoms with E-state index < -0.39 is 23.4 Å². The fourth-order valence-corrected chi connectivity index (χ4v) is 3.17. The lowest BCUT2D eigenvalue weighted by molar-refractivity contribution is -0.145. The van der Waals surface area contributed by atoms with Crippen LogP contribution >= 0.6 is 0 Å². The van der Waals surface area contributed by atoms with Crippen molar-refractivity contribution in [1.82, 2.24) is 15.3 Å². The highest BCUT2D eigenvalue weighted by atomic mass is 16.4. The van der Waals surface area contributed by atoms with Crippen LogP contribution in [0.2, 0.25) is 0 Å². The van der Waals surface area contributed by atoms with Crippen molar-refractivity contribution in [2.24, 2.45) is 0 Å². The Hall–Kier alpha value is -4.41. The molecule has 172 valence electrons. The number of benzene rings is 2. The van der Waals surface area contributed by atoms with Crippen LogP contribution < -0.4 is 22.1 Å². The Balaban J connectivity index is 1.65. The third-order valence-corrected chi connectivity index (χ3v) is 5.15. The number of carbonyl (C=O) groups is 3. The van der Waals surface area contributed by atoms with Crippen LogP contribution in [-0.2, 0) is 16.1 Å². The van der Waals surface area contributed by atoms with Gasteiger partial charge in [-0.3, -0.25) is 9.59 Å². The Morgan fingerprint density at radius 2 is 1.73 bits per heavy atom. The molecule has 1 unspecified atom stereocenters.